The van der Waals surface area contributed by atoms with Crippen molar-refractivity contribution in [2.45, 2.75) is 33.0 Å². The number of ether oxygens (including phenoxy) is 1. The van der Waals surface area contributed by atoms with Crippen molar-refractivity contribution in [3.8, 4) is 0 Å². The highest BCUT2D eigenvalue weighted by Gasteiger charge is 2.31. The topological polar surface area (TPSA) is 108 Å². The lowest BCUT2D eigenvalue weighted by Crippen LogP contribution is -2.31. The maximum atomic E-state index is 11.6. The number of rotatable bonds is 6. The molecule has 20 heavy (non-hydrogen) atoms. The highest BCUT2D eigenvalue weighted by molar-refractivity contribution is 6.01. The van der Waals surface area contributed by atoms with Gasteiger partial charge in [-0.05, 0) is 16.8 Å². The van der Waals surface area contributed by atoms with E-state index in [2.05, 4.69) is 4.98 Å². The Hall–Kier alpha value is -2.29. The molecule has 2 rings (SSSR count). The molecular weight excluding hydrogens is 268 g/mol. The van der Waals surface area contributed by atoms with Gasteiger partial charge < -0.3 is 14.9 Å². The van der Waals surface area contributed by atoms with E-state index in [1.54, 1.807) is 6.92 Å². The minimum Gasteiger partial charge on any atom is -0.375 e. The fraction of sp³-hybridized carbons (Fsp3) is 0.545. The molecule has 1 saturated heterocycles. The summed E-state index contributed by atoms with van der Waals surface area (Å²) in [4.78, 5) is 38.2. The summed E-state index contributed by atoms with van der Waals surface area (Å²) < 4.78 is 6.57. The zero-order valence-corrected chi connectivity index (χ0v) is 10.9. The Kier molecular flexibility index (Phi) is 4.08. The summed E-state index contributed by atoms with van der Waals surface area (Å²) in [6.45, 7) is 2.09. The van der Waals surface area contributed by atoms with E-state index < -0.39 is 4.92 Å². The number of amides is 2. The average Bonchev–Trinajstić information content (AvgIpc) is 2.95. The molecule has 1 aromatic heterocycles. The molecule has 0 aromatic carbocycles. The first-order chi connectivity index (χ1) is 9.54. The van der Waals surface area contributed by atoms with Gasteiger partial charge in [-0.25, -0.2) is 0 Å². The molecule has 0 bridgehead atoms. The number of imide groups is 1. The Morgan fingerprint density at radius 3 is 2.60 bits per heavy atom. The quantitative estimate of drug-likeness (QED) is 0.425. The van der Waals surface area contributed by atoms with Crippen LogP contribution >= 0.6 is 0 Å². The predicted octanol–water partition coefficient (Wildman–Crippen LogP) is 0.434. The van der Waals surface area contributed by atoms with Gasteiger partial charge in [-0.1, -0.05) is 0 Å². The average molecular weight is 282 g/mol. The monoisotopic (exact) mass is 282 g/mol. The van der Waals surface area contributed by atoms with Gasteiger partial charge in [0.15, 0.2) is 0 Å². The van der Waals surface area contributed by atoms with Crippen molar-refractivity contribution in [1.29, 1.82) is 0 Å². The normalized spacial score (nSPS) is 15.2. The number of aromatic nitrogens is 2. The van der Waals surface area contributed by atoms with Crippen LogP contribution in [0, 0.1) is 10.1 Å². The lowest BCUT2D eigenvalue weighted by atomic mass is 10.4. The number of nitrogens with zero attached hydrogens (tertiary/aromatic N) is 4. The molecule has 108 valence electrons. The number of carbonyl (C=O) groups is 2. The van der Waals surface area contributed by atoms with Crippen molar-refractivity contribution in [2.75, 3.05) is 6.61 Å². The molecule has 1 fully saturated rings. The van der Waals surface area contributed by atoms with Crippen LogP contribution in [0.2, 0.25) is 0 Å². The zero-order valence-electron chi connectivity index (χ0n) is 10.9. The number of hydrogen-bond acceptors (Lipinski definition) is 6. The molecule has 0 aliphatic carbocycles. The second-order valence-corrected chi connectivity index (χ2v) is 4.24. The summed E-state index contributed by atoms with van der Waals surface area (Å²) in [7, 11) is 0. The second-order valence-electron chi connectivity index (χ2n) is 4.24. The Balaban J connectivity index is 2.24. The maximum absolute atomic E-state index is 11.6. The molecule has 0 spiro atoms. The minimum atomic E-state index is -0.613. The molecule has 2 amide bonds. The van der Waals surface area contributed by atoms with Crippen molar-refractivity contribution in [2.24, 2.45) is 0 Å². The third kappa shape index (κ3) is 2.67. The third-order valence-electron chi connectivity index (χ3n) is 2.99. The summed E-state index contributed by atoms with van der Waals surface area (Å²) in [6, 6.07) is 0. The maximum Gasteiger partial charge on any atom is 0.387 e. The van der Waals surface area contributed by atoms with Crippen LogP contribution < -0.4 is 0 Å². The first-order valence-electron chi connectivity index (χ1n) is 6.14. The van der Waals surface area contributed by atoms with Gasteiger partial charge in [-0.2, -0.15) is 0 Å². The molecule has 0 saturated carbocycles. The van der Waals surface area contributed by atoms with Crippen LogP contribution in [0.3, 0.4) is 0 Å². The van der Waals surface area contributed by atoms with Crippen molar-refractivity contribution in [3.05, 3.63) is 22.1 Å². The minimum absolute atomic E-state index is 0.00301. The predicted molar refractivity (Wildman–Crippen MR) is 65.3 cm³/mol. The number of hydrogen-bond donors (Lipinski definition) is 0. The van der Waals surface area contributed by atoms with Crippen molar-refractivity contribution < 1.29 is 19.2 Å². The van der Waals surface area contributed by atoms with E-state index in [0.29, 0.717) is 6.61 Å². The summed E-state index contributed by atoms with van der Waals surface area (Å²) >= 11 is 0. The number of imidazole rings is 1. The van der Waals surface area contributed by atoms with Crippen molar-refractivity contribution >= 4 is 17.6 Å². The van der Waals surface area contributed by atoms with Gasteiger partial charge in [0.1, 0.15) is 12.4 Å². The van der Waals surface area contributed by atoms with Crippen LogP contribution in [-0.2, 0) is 27.6 Å². The van der Waals surface area contributed by atoms with Gasteiger partial charge in [0.05, 0.1) is 6.61 Å². The number of nitro groups is 1. The van der Waals surface area contributed by atoms with Crippen LogP contribution in [0.5, 0.6) is 0 Å². The Morgan fingerprint density at radius 2 is 2.05 bits per heavy atom. The first-order valence-corrected chi connectivity index (χ1v) is 6.14. The van der Waals surface area contributed by atoms with E-state index in [-0.39, 0.29) is 49.4 Å². The van der Waals surface area contributed by atoms with Gasteiger partial charge >= 0.3 is 5.82 Å². The van der Waals surface area contributed by atoms with Gasteiger partial charge in [0.2, 0.25) is 18.1 Å². The van der Waals surface area contributed by atoms with Crippen molar-refractivity contribution in [3.63, 3.8) is 0 Å². The molecule has 9 heteroatoms. The second kappa shape index (κ2) is 5.78. The summed E-state index contributed by atoms with van der Waals surface area (Å²) in [6.07, 6.45) is 1.60. The van der Waals surface area contributed by atoms with Gasteiger partial charge in [0, 0.05) is 19.4 Å². The smallest absolute Gasteiger partial charge is 0.375 e. The molecule has 1 aliphatic heterocycles. The molecule has 1 aliphatic rings. The largest absolute Gasteiger partial charge is 0.387 e. The van der Waals surface area contributed by atoms with E-state index in [0.717, 1.165) is 4.90 Å². The molecular formula is C11H14N4O5. The van der Waals surface area contributed by atoms with Crippen LogP contribution in [0.4, 0.5) is 5.82 Å². The van der Waals surface area contributed by atoms with Crippen LogP contribution in [-0.4, -0.2) is 37.8 Å². The fourth-order valence-corrected chi connectivity index (χ4v) is 1.95. The molecule has 0 unspecified atom stereocenters. The molecule has 0 atom stereocenters. The Bertz CT molecular complexity index is 537. The van der Waals surface area contributed by atoms with Crippen LogP contribution in [0.1, 0.15) is 25.5 Å². The number of likely N-dealkylation sites (tertiary alicyclic amines) is 1. The Morgan fingerprint density at radius 1 is 1.40 bits per heavy atom. The summed E-state index contributed by atoms with van der Waals surface area (Å²) in [5, 5.41) is 10.9. The molecule has 2 heterocycles. The number of carbonyl (C=O) groups excluding carboxylic acids is 2. The first kappa shape index (κ1) is 14.1. The molecule has 0 N–H and O–H groups in total. The fourth-order valence-electron chi connectivity index (χ4n) is 1.95. The van der Waals surface area contributed by atoms with Crippen LogP contribution in [0.25, 0.3) is 0 Å². The van der Waals surface area contributed by atoms with E-state index in [1.165, 1.54) is 10.9 Å². The van der Waals surface area contributed by atoms with E-state index in [4.69, 9.17) is 4.74 Å². The zero-order chi connectivity index (χ0) is 14.7. The standard InChI is InChI=1S/C11H14N4O5/c1-2-20-5-8-11(15(18)19)12-6-13(8)7-14-9(16)3-4-10(14)17/h6H,2-5,7H2,1H3. The van der Waals surface area contributed by atoms with Crippen molar-refractivity contribution in [1.82, 2.24) is 14.5 Å². The van der Waals surface area contributed by atoms with Gasteiger partial charge in [-0.3, -0.25) is 19.1 Å². The Labute approximate surface area is 114 Å². The summed E-state index contributed by atoms with van der Waals surface area (Å²) in [5.74, 6) is -0.889. The van der Waals surface area contributed by atoms with Gasteiger partial charge in [-0.15, -0.1) is 0 Å². The molecule has 9 nitrogen and oxygen atoms in total. The van der Waals surface area contributed by atoms with E-state index >= 15 is 0 Å². The molecule has 0 radical (unpaired) electrons. The van der Waals surface area contributed by atoms with Crippen LogP contribution in [0.15, 0.2) is 6.33 Å². The summed E-state index contributed by atoms with van der Waals surface area (Å²) in [5.41, 5.74) is 0.240. The van der Waals surface area contributed by atoms with E-state index in [1.807, 2.05) is 0 Å². The highest BCUT2D eigenvalue weighted by atomic mass is 16.6. The van der Waals surface area contributed by atoms with E-state index in [9.17, 15) is 19.7 Å². The lowest BCUT2D eigenvalue weighted by Gasteiger charge is -2.15. The third-order valence-corrected chi connectivity index (χ3v) is 2.99. The lowest BCUT2D eigenvalue weighted by molar-refractivity contribution is -0.390. The molecule has 1 aromatic rings. The SMILES string of the molecule is CCOCc1c([N+](=O)[O-])ncn1CN1C(=O)CCC1=O. The van der Waals surface area contributed by atoms with Gasteiger partial charge in [0.25, 0.3) is 0 Å². The highest BCUT2D eigenvalue weighted by Crippen LogP contribution is 2.20.